The first-order chi connectivity index (χ1) is 16.7. The third kappa shape index (κ3) is 7.73. The Morgan fingerprint density at radius 3 is 2.43 bits per heavy atom. The monoisotopic (exact) mass is 603 g/mol. The van der Waals surface area contributed by atoms with Crippen LogP contribution in [0.1, 0.15) is 35.3 Å². The standard InChI is InChI=1S/C26H24Br2FN3O3/c1-16(2)24(31-25(33)20-5-3-4-6-22(20)29)26(34)32-30-14-18-9-12-23(21(28)13-18)35-15-17-7-10-19(27)11-8-17/h3-14,16,24H,15H2,1-2H3,(H,31,33)(H,32,34). The minimum atomic E-state index is -0.889. The Bertz CT molecular complexity index is 1220. The van der Waals surface area contributed by atoms with Crippen molar-refractivity contribution in [3.63, 3.8) is 0 Å². The van der Waals surface area contributed by atoms with Crippen LogP contribution in [0.3, 0.4) is 0 Å². The van der Waals surface area contributed by atoms with Crippen LogP contribution in [0.25, 0.3) is 0 Å². The number of amides is 2. The molecule has 3 rings (SSSR count). The summed E-state index contributed by atoms with van der Waals surface area (Å²) < 4.78 is 21.5. The summed E-state index contributed by atoms with van der Waals surface area (Å²) >= 11 is 6.90. The smallest absolute Gasteiger partial charge is 0.262 e. The van der Waals surface area contributed by atoms with E-state index < -0.39 is 23.7 Å². The van der Waals surface area contributed by atoms with Gasteiger partial charge in [0.15, 0.2) is 0 Å². The molecule has 0 saturated heterocycles. The molecule has 0 aliphatic rings. The molecule has 1 unspecified atom stereocenters. The first-order valence-electron chi connectivity index (χ1n) is 10.8. The van der Waals surface area contributed by atoms with Gasteiger partial charge >= 0.3 is 0 Å². The van der Waals surface area contributed by atoms with Crippen molar-refractivity contribution in [2.24, 2.45) is 11.0 Å². The number of nitrogens with zero attached hydrogens (tertiary/aromatic N) is 1. The topological polar surface area (TPSA) is 79.8 Å². The summed E-state index contributed by atoms with van der Waals surface area (Å²) in [5.74, 6) is -1.39. The molecule has 0 fully saturated rings. The van der Waals surface area contributed by atoms with Gasteiger partial charge in [0.1, 0.15) is 24.2 Å². The van der Waals surface area contributed by atoms with Crippen LogP contribution >= 0.6 is 31.9 Å². The molecule has 0 saturated carbocycles. The Kier molecular flexibility index (Phi) is 9.56. The van der Waals surface area contributed by atoms with Crippen molar-refractivity contribution in [2.75, 3.05) is 0 Å². The summed E-state index contributed by atoms with van der Waals surface area (Å²) in [5.41, 5.74) is 4.08. The van der Waals surface area contributed by atoms with Crippen molar-refractivity contribution in [3.05, 3.63) is 98.2 Å². The Balaban J connectivity index is 1.58. The lowest BCUT2D eigenvalue weighted by molar-refractivity contribution is -0.123. The number of hydrogen-bond acceptors (Lipinski definition) is 4. The molecule has 0 aromatic heterocycles. The fourth-order valence-corrected chi connectivity index (χ4v) is 3.87. The lowest BCUT2D eigenvalue weighted by Crippen LogP contribution is -2.48. The fraction of sp³-hybridized carbons (Fsp3) is 0.192. The minimum absolute atomic E-state index is 0.123. The van der Waals surface area contributed by atoms with Crippen molar-refractivity contribution in [3.8, 4) is 5.75 Å². The number of hydrazone groups is 1. The van der Waals surface area contributed by atoms with E-state index in [9.17, 15) is 14.0 Å². The van der Waals surface area contributed by atoms with Crippen LogP contribution in [0.15, 0.2) is 80.8 Å². The Morgan fingerprint density at radius 1 is 1.06 bits per heavy atom. The van der Waals surface area contributed by atoms with E-state index in [0.29, 0.717) is 12.4 Å². The van der Waals surface area contributed by atoms with E-state index >= 15 is 0 Å². The zero-order chi connectivity index (χ0) is 25.4. The number of hydrogen-bond donors (Lipinski definition) is 2. The molecule has 0 spiro atoms. The lowest BCUT2D eigenvalue weighted by atomic mass is 10.0. The van der Waals surface area contributed by atoms with Crippen molar-refractivity contribution in [1.29, 1.82) is 0 Å². The van der Waals surface area contributed by atoms with Crippen LogP contribution in [0.4, 0.5) is 4.39 Å². The van der Waals surface area contributed by atoms with Crippen LogP contribution in [-0.2, 0) is 11.4 Å². The molecule has 3 aromatic rings. The molecule has 1 atom stereocenters. The second kappa shape index (κ2) is 12.6. The molecule has 3 aromatic carbocycles. The first-order valence-corrected chi connectivity index (χ1v) is 12.4. The number of ether oxygens (including phenoxy) is 1. The molecule has 2 amide bonds. The minimum Gasteiger partial charge on any atom is -0.488 e. The molecule has 6 nitrogen and oxygen atoms in total. The third-order valence-electron chi connectivity index (χ3n) is 5.01. The van der Waals surface area contributed by atoms with Gasteiger partial charge in [0, 0.05) is 4.47 Å². The average Bonchev–Trinajstić information content (AvgIpc) is 2.83. The summed E-state index contributed by atoms with van der Waals surface area (Å²) in [4.78, 5) is 25.0. The molecule has 0 radical (unpaired) electrons. The molecule has 35 heavy (non-hydrogen) atoms. The molecular weight excluding hydrogens is 581 g/mol. The van der Waals surface area contributed by atoms with E-state index in [4.69, 9.17) is 4.74 Å². The van der Waals surface area contributed by atoms with Gasteiger partial charge in [-0.1, -0.05) is 54.0 Å². The maximum absolute atomic E-state index is 13.9. The summed E-state index contributed by atoms with van der Waals surface area (Å²) in [6.45, 7) is 3.98. The molecular formula is C26H24Br2FN3O3. The van der Waals surface area contributed by atoms with Gasteiger partial charge in [0.2, 0.25) is 0 Å². The maximum Gasteiger partial charge on any atom is 0.262 e. The van der Waals surface area contributed by atoms with Crippen LogP contribution in [0.5, 0.6) is 5.75 Å². The fourth-order valence-electron chi connectivity index (χ4n) is 3.10. The van der Waals surface area contributed by atoms with Gasteiger partial charge in [-0.25, -0.2) is 9.82 Å². The lowest BCUT2D eigenvalue weighted by Gasteiger charge is -2.20. The van der Waals surface area contributed by atoms with Gasteiger partial charge in [0.05, 0.1) is 16.3 Å². The predicted octanol–water partition coefficient (Wildman–Crippen LogP) is 5.83. The van der Waals surface area contributed by atoms with Crippen molar-refractivity contribution in [1.82, 2.24) is 10.7 Å². The van der Waals surface area contributed by atoms with Crippen molar-refractivity contribution in [2.45, 2.75) is 26.5 Å². The quantitative estimate of drug-likeness (QED) is 0.238. The van der Waals surface area contributed by atoms with Crippen LogP contribution in [-0.4, -0.2) is 24.1 Å². The largest absolute Gasteiger partial charge is 0.488 e. The zero-order valence-electron chi connectivity index (χ0n) is 19.1. The molecule has 182 valence electrons. The maximum atomic E-state index is 13.9. The van der Waals surface area contributed by atoms with E-state index in [1.807, 2.05) is 30.3 Å². The van der Waals surface area contributed by atoms with E-state index in [2.05, 4.69) is 47.7 Å². The second-order valence-corrected chi connectivity index (χ2v) is 9.78. The zero-order valence-corrected chi connectivity index (χ0v) is 22.3. The van der Waals surface area contributed by atoms with Crippen LogP contribution in [0.2, 0.25) is 0 Å². The SMILES string of the molecule is CC(C)C(NC(=O)c1ccccc1F)C(=O)NN=Cc1ccc(OCc2ccc(Br)cc2)c(Br)c1. The molecule has 0 heterocycles. The highest BCUT2D eigenvalue weighted by Crippen LogP contribution is 2.26. The average molecular weight is 605 g/mol. The number of carbonyl (C=O) groups is 2. The Morgan fingerprint density at radius 2 is 1.77 bits per heavy atom. The van der Waals surface area contributed by atoms with Gasteiger partial charge in [-0.2, -0.15) is 5.10 Å². The predicted molar refractivity (Wildman–Crippen MR) is 141 cm³/mol. The van der Waals surface area contributed by atoms with E-state index in [-0.39, 0.29) is 11.5 Å². The molecule has 9 heteroatoms. The normalized spacial score (nSPS) is 11.9. The highest BCUT2D eigenvalue weighted by molar-refractivity contribution is 9.10. The Hall–Kier alpha value is -3.04. The number of halogens is 3. The van der Waals surface area contributed by atoms with Gasteiger partial charge in [-0.05, 0) is 75.4 Å². The first kappa shape index (κ1) is 26.6. The number of rotatable bonds is 9. The van der Waals surface area contributed by atoms with Crippen LogP contribution in [0, 0.1) is 11.7 Å². The third-order valence-corrected chi connectivity index (χ3v) is 6.15. The highest BCUT2D eigenvalue weighted by atomic mass is 79.9. The summed E-state index contributed by atoms with van der Waals surface area (Å²) in [6, 6.07) is 18.0. The van der Waals surface area contributed by atoms with Crippen molar-refractivity contribution >= 4 is 49.9 Å². The van der Waals surface area contributed by atoms with Gasteiger partial charge in [-0.3, -0.25) is 9.59 Å². The van der Waals surface area contributed by atoms with Crippen LogP contribution < -0.4 is 15.5 Å². The van der Waals surface area contributed by atoms with Gasteiger partial charge in [0.25, 0.3) is 11.8 Å². The molecule has 0 bridgehead atoms. The summed E-state index contributed by atoms with van der Waals surface area (Å²) in [7, 11) is 0. The summed E-state index contributed by atoms with van der Waals surface area (Å²) in [6.07, 6.45) is 1.48. The molecule has 2 N–H and O–H groups in total. The van der Waals surface area contributed by atoms with E-state index in [1.165, 1.54) is 24.4 Å². The molecule has 0 aliphatic heterocycles. The highest BCUT2D eigenvalue weighted by Gasteiger charge is 2.25. The Labute approximate surface area is 220 Å². The van der Waals surface area contributed by atoms with Gasteiger partial charge < -0.3 is 10.1 Å². The second-order valence-electron chi connectivity index (χ2n) is 8.01. The number of carbonyl (C=O) groups excluding carboxylic acids is 2. The van der Waals surface area contributed by atoms with E-state index in [1.54, 1.807) is 32.0 Å². The summed E-state index contributed by atoms with van der Waals surface area (Å²) in [5, 5.41) is 6.58. The molecule has 0 aliphatic carbocycles. The van der Waals surface area contributed by atoms with E-state index in [0.717, 1.165) is 20.1 Å². The van der Waals surface area contributed by atoms with Gasteiger partial charge in [-0.15, -0.1) is 0 Å². The number of nitrogens with one attached hydrogen (secondary N) is 2. The number of benzene rings is 3. The van der Waals surface area contributed by atoms with Crippen molar-refractivity contribution < 1.29 is 18.7 Å².